The van der Waals surface area contributed by atoms with Crippen molar-refractivity contribution in [3.63, 3.8) is 0 Å². The molecule has 0 amide bonds. The van der Waals surface area contributed by atoms with E-state index in [-0.39, 0.29) is 6.10 Å². The lowest BCUT2D eigenvalue weighted by Gasteiger charge is -2.03. The van der Waals surface area contributed by atoms with E-state index < -0.39 is 0 Å². The Balaban J connectivity index is 0.000000157. The van der Waals surface area contributed by atoms with Crippen molar-refractivity contribution in [1.82, 2.24) is 0 Å². The van der Waals surface area contributed by atoms with E-state index in [9.17, 15) is 0 Å². The average molecular weight is 174 g/mol. The summed E-state index contributed by atoms with van der Waals surface area (Å²) in [5.74, 6) is 0. The maximum atomic E-state index is 8.06. The Morgan fingerprint density at radius 2 is 1.42 bits per heavy atom. The van der Waals surface area contributed by atoms with E-state index >= 15 is 0 Å². The summed E-state index contributed by atoms with van der Waals surface area (Å²) in [5.41, 5.74) is 0. The van der Waals surface area contributed by atoms with Crippen molar-refractivity contribution in [2.45, 2.75) is 45.0 Å². The summed E-state index contributed by atoms with van der Waals surface area (Å²) < 4.78 is 10.7. The number of aliphatic hydroxyl groups is 1. The summed E-state index contributed by atoms with van der Waals surface area (Å²) in [4.78, 5) is 0. The summed E-state index contributed by atoms with van der Waals surface area (Å²) in [6.07, 6.45) is 2.97. The van der Waals surface area contributed by atoms with E-state index in [0.29, 0.717) is 12.2 Å². The molecule has 0 aromatic rings. The van der Waals surface area contributed by atoms with Crippen LogP contribution in [-0.2, 0) is 9.47 Å². The molecule has 2 aliphatic heterocycles. The summed E-state index contributed by atoms with van der Waals surface area (Å²) in [7, 11) is 0. The van der Waals surface area contributed by atoms with Crippen LogP contribution in [0.4, 0.5) is 0 Å². The predicted octanol–water partition coefficient (Wildman–Crippen LogP) is 0.951. The van der Waals surface area contributed by atoms with Gasteiger partial charge in [-0.25, -0.2) is 0 Å². The van der Waals surface area contributed by atoms with E-state index in [2.05, 4.69) is 0 Å². The lowest BCUT2D eigenvalue weighted by molar-refractivity contribution is 0.0732. The summed E-state index contributed by atoms with van der Waals surface area (Å²) >= 11 is 0. The minimum Gasteiger partial charge on any atom is -0.394 e. The molecule has 72 valence electrons. The summed E-state index contributed by atoms with van der Waals surface area (Å²) in [6, 6.07) is 0. The van der Waals surface area contributed by atoms with Gasteiger partial charge in [0, 0.05) is 19.3 Å². The van der Waals surface area contributed by atoms with Crippen LogP contribution in [0.5, 0.6) is 0 Å². The summed E-state index contributed by atoms with van der Waals surface area (Å²) in [5, 5.41) is 8.06. The number of rotatable bonds is 0. The highest BCUT2D eigenvalue weighted by atomic mass is 16.6. The molecule has 2 unspecified atom stereocenters. The molecule has 2 heterocycles. The lowest BCUT2D eigenvalue weighted by atomic mass is 10.2. The highest BCUT2D eigenvalue weighted by Crippen LogP contribution is 2.25. The van der Waals surface area contributed by atoms with Crippen molar-refractivity contribution in [2.75, 3.05) is 13.2 Å². The second kappa shape index (κ2) is 4.80. The number of ether oxygens (including phenoxy) is 2. The molecule has 0 aromatic heterocycles. The average Bonchev–Trinajstić information content (AvgIpc) is 2.40. The van der Waals surface area contributed by atoms with Crippen LogP contribution in [0.3, 0.4) is 0 Å². The number of hydrogen-bond donors (Lipinski definition) is 1. The highest BCUT2D eigenvalue weighted by molar-refractivity contribution is 4.81. The first-order valence-corrected chi connectivity index (χ1v) is 4.61. The van der Waals surface area contributed by atoms with Gasteiger partial charge in [0.15, 0.2) is 0 Å². The molecule has 0 radical (unpaired) electrons. The largest absolute Gasteiger partial charge is 0.394 e. The van der Waals surface area contributed by atoms with Crippen LogP contribution in [0.2, 0.25) is 0 Å². The van der Waals surface area contributed by atoms with Crippen LogP contribution < -0.4 is 0 Å². The van der Waals surface area contributed by atoms with Gasteiger partial charge in [0.05, 0.1) is 12.2 Å². The van der Waals surface area contributed by atoms with Crippen LogP contribution >= 0.6 is 0 Å². The second-order valence-corrected chi connectivity index (χ2v) is 3.49. The fourth-order valence-corrected chi connectivity index (χ4v) is 1.42. The predicted molar refractivity (Wildman–Crippen MR) is 46.1 cm³/mol. The minimum atomic E-state index is -0.167. The van der Waals surface area contributed by atoms with Crippen molar-refractivity contribution in [3.8, 4) is 0 Å². The van der Waals surface area contributed by atoms with E-state index in [1.807, 2.05) is 0 Å². The molecule has 2 aliphatic rings. The van der Waals surface area contributed by atoms with Gasteiger partial charge in [-0.1, -0.05) is 0 Å². The van der Waals surface area contributed by atoms with Gasteiger partial charge in [0.2, 0.25) is 0 Å². The molecule has 3 heteroatoms. The van der Waals surface area contributed by atoms with Crippen LogP contribution in [0.1, 0.15) is 26.7 Å². The zero-order valence-corrected chi connectivity index (χ0v) is 7.82. The minimum absolute atomic E-state index is 0.167. The molecular formula is C9H18O3. The van der Waals surface area contributed by atoms with Crippen LogP contribution in [0.25, 0.3) is 0 Å². The Kier molecular flexibility index (Phi) is 3.98. The van der Waals surface area contributed by atoms with Crippen molar-refractivity contribution in [2.24, 2.45) is 0 Å². The Morgan fingerprint density at radius 1 is 1.08 bits per heavy atom. The standard InChI is InChI=1S/C6H10O2.C3H8O/c1-3-7-6-2-4-8-5(1)6;1-3(2)4/h5-6H,1-4H2;3-4H,1-2H3. The molecule has 0 bridgehead atoms. The molecule has 2 atom stereocenters. The first-order valence-electron chi connectivity index (χ1n) is 4.61. The maximum absolute atomic E-state index is 8.06. The van der Waals surface area contributed by atoms with Crippen molar-refractivity contribution >= 4 is 0 Å². The first-order chi connectivity index (χ1) is 5.70. The molecule has 0 aliphatic carbocycles. The monoisotopic (exact) mass is 174 g/mol. The Labute approximate surface area is 73.7 Å². The molecule has 2 fully saturated rings. The van der Waals surface area contributed by atoms with Crippen molar-refractivity contribution in [3.05, 3.63) is 0 Å². The number of aliphatic hydroxyl groups excluding tert-OH is 1. The Hall–Kier alpha value is -0.120. The van der Waals surface area contributed by atoms with E-state index in [1.165, 1.54) is 0 Å². The third kappa shape index (κ3) is 3.09. The van der Waals surface area contributed by atoms with Gasteiger partial charge in [-0.3, -0.25) is 0 Å². The van der Waals surface area contributed by atoms with Gasteiger partial charge in [-0.2, -0.15) is 0 Å². The molecule has 12 heavy (non-hydrogen) atoms. The first kappa shape index (κ1) is 9.96. The van der Waals surface area contributed by atoms with Crippen molar-refractivity contribution < 1.29 is 14.6 Å². The van der Waals surface area contributed by atoms with E-state index in [1.54, 1.807) is 13.8 Å². The summed E-state index contributed by atoms with van der Waals surface area (Å²) in [6.45, 7) is 5.27. The van der Waals surface area contributed by atoms with E-state index in [0.717, 1.165) is 26.1 Å². The number of hydrogen-bond acceptors (Lipinski definition) is 3. The quantitative estimate of drug-likeness (QED) is 0.594. The molecule has 3 nitrogen and oxygen atoms in total. The highest BCUT2D eigenvalue weighted by Gasteiger charge is 2.33. The van der Waals surface area contributed by atoms with Crippen LogP contribution in [-0.4, -0.2) is 36.6 Å². The fourth-order valence-electron chi connectivity index (χ4n) is 1.42. The smallest absolute Gasteiger partial charge is 0.0859 e. The van der Waals surface area contributed by atoms with Gasteiger partial charge < -0.3 is 14.6 Å². The lowest BCUT2D eigenvalue weighted by Crippen LogP contribution is -2.13. The van der Waals surface area contributed by atoms with Gasteiger partial charge in [-0.15, -0.1) is 0 Å². The molecule has 0 saturated carbocycles. The molecule has 0 aromatic carbocycles. The third-order valence-electron chi connectivity index (χ3n) is 1.88. The topological polar surface area (TPSA) is 38.7 Å². The molecule has 1 N–H and O–H groups in total. The molecule has 2 rings (SSSR count). The van der Waals surface area contributed by atoms with Gasteiger partial charge in [0.1, 0.15) is 0 Å². The molecular weight excluding hydrogens is 156 g/mol. The van der Waals surface area contributed by atoms with Crippen LogP contribution in [0.15, 0.2) is 0 Å². The van der Waals surface area contributed by atoms with E-state index in [4.69, 9.17) is 14.6 Å². The zero-order valence-electron chi connectivity index (χ0n) is 7.82. The van der Waals surface area contributed by atoms with Gasteiger partial charge >= 0.3 is 0 Å². The fraction of sp³-hybridized carbons (Fsp3) is 1.00. The SMILES string of the molecule is C1CC2OCCC2O1.CC(C)O. The van der Waals surface area contributed by atoms with Crippen LogP contribution in [0, 0.1) is 0 Å². The molecule has 0 spiro atoms. The van der Waals surface area contributed by atoms with Crippen molar-refractivity contribution in [1.29, 1.82) is 0 Å². The maximum Gasteiger partial charge on any atom is 0.0859 e. The van der Waals surface area contributed by atoms with Gasteiger partial charge in [0.25, 0.3) is 0 Å². The third-order valence-corrected chi connectivity index (χ3v) is 1.88. The Bertz CT molecular complexity index is 102. The van der Waals surface area contributed by atoms with Gasteiger partial charge in [-0.05, 0) is 26.7 Å². The zero-order chi connectivity index (χ0) is 8.97. The second-order valence-electron chi connectivity index (χ2n) is 3.49. The normalized spacial score (nSPS) is 33.0. The molecule has 2 saturated heterocycles. The Morgan fingerprint density at radius 3 is 1.75 bits per heavy atom. The number of fused-ring (bicyclic) bond motifs is 1.